The van der Waals surface area contributed by atoms with Gasteiger partial charge < -0.3 is 24.4 Å². The molecule has 1 N–H and O–H groups in total. The van der Waals surface area contributed by atoms with Crippen molar-refractivity contribution in [1.29, 1.82) is 5.26 Å². The third-order valence-corrected chi connectivity index (χ3v) is 4.74. The van der Waals surface area contributed by atoms with E-state index < -0.39 is 18.5 Å². The van der Waals surface area contributed by atoms with Crippen molar-refractivity contribution in [3.05, 3.63) is 59.2 Å². The molecule has 1 amide bonds. The number of hydrogen-bond acceptors (Lipinski definition) is 7. The fraction of sp³-hybridized carbons (Fsp3) is 0.292. The second-order valence-corrected chi connectivity index (χ2v) is 7.31. The highest BCUT2D eigenvalue weighted by atomic mass is 16.6. The van der Waals surface area contributed by atoms with Gasteiger partial charge in [0.15, 0.2) is 18.1 Å². The molecule has 2 aromatic rings. The number of hydrogen-bond donors (Lipinski definition) is 1. The van der Waals surface area contributed by atoms with Gasteiger partial charge in [0.1, 0.15) is 24.9 Å². The Bertz CT molecular complexity index is 1040. The summed E-state index contributed by atoms with van der Waals surface area (Å²) < 4.78 is 16.0. The number of ether oxygens (including phenoxy) is 3. The third-order valence-electron chi connectivity index (χ3n) is 4.74. The Balaban J connectivity index is 1.45. The van der Waals surface area contributed by atoms with Crippen LogP contribution in [0.4, 0.5) is 5.69 Å². The van der Waals surface area contributed by atoms with Crippen molar-refractivity contribution < 1.29 is 23.8 Å². The van der Waals surface area contributed by atoms with E-state index in [1.54, 1.807) is 12.1 Å². The molecule has 1 heterocycles. The molecule has 1 aliphatic rings. The molecule has 8 heteroatoms. The number of amides is 1. The molecule has 166 valence electrons. The van der Waals surface area contributed by atoms with Gasteiger partial charge in [-0.2, -0.15) is 5.26 Å². The maximum atomic E-state index is 12.2. The van der Waals surface area contributed by atoms with Crippen LogP contribution in [0, 0.1) is 11.3 Å². The maximum Gasteiger partial charge on any atom is 0.349 e. The van der Waals surface area contributed by atoms with Gasteiger partial charge in [-0.3, -0.25) is 4.79 Å². The highest BCUT2D eigenvalue weighted by Crippen LogP contribution is 2.30. The minimum atomic E-state index is -0.842. The lowest BCUT2D eigenvalue weighted by atomic mass is 10.1. The van der Waals surface area contributed by atoms with E-state index >= 15 is 0 Å². The molecule has 8 nitrogen and oxygen atoms in total. The van der Waals surface area contributed by atoms with Gasteiger partial charge in [0.05, 0.1) is 0 Å². The Kier molecular flexibility index (Phi) is 7.70. The Morgan fingerprint density at radius 2 is 1.84 bits per heavy atom. The van der Waals surface area contributed by atoms with Gasteiger partial charge >= 0.3 is 5.97 Å². The van der Waals surface area contributed by atoms with Gasteiger partial charge in [0.2, 0.25) is 0 Å². The fourth-order valence-corrected chi connectivity index (χ4v) is 3.02. The van der Waals surface area contributed by atoms with Crippen LogP contribution in [0.1, 0.15) is 11.1 Å². The predicted octanol–water partition coefficient (Wildman–Crippen LogP) is 2.33. The number of fused-ring (bicyclic) bond motifs is 1. The molecule has 0 atom stereocenters. The van der Waals surface area contributed by atoms with Crippen LogP contribution >= 0.6 is 0 Å². The molecule has 2 aromatic carbocycles. The molecule has 0 bridgehead atoms. The highest BCUT2D eigenvalue weighted by Gasteiger charge is 2.14. The highest BCUT2D eigenvalue weighted by molar-refractivity contribution is 5.98. The van der Waals surface area contributed by atoms with E-state index in [2.05, 4.69) is 5.32 Å². The topological polar surface area (TPSA) is 101 Å². The Labute approximate surface area is 187 Å². The zero-order valence-corrected chi connectivity index (χ0v) is 18.1. The molecule has 0 fully saturated rings. The van der Waals surface area contributed by atoms with Crippen LogP contribution in [-0.4, -0.2) is 52.3 Å². The second kappa shape index (κ2) is 10.9. The van der Waals surface area contributed by atoms with Crippen LogP contribution in [0.25, 0.3) is 6.08 Å². The molecule has 0 radical (unpaired) electrons. The van der Waals surface area contributed by atoms with Gasteiger partial charge in [-0.1, -0.05) is 18.2 Å². The largest absolute Gasteiger partial charge is 0.486 e. The van der Waals surface area contributed by atoms with E-state index in [-0.39, 0.29) is 5.57 Å². The van der Waals surface area contributed by atoms with Crippen LogP contribution in [0.3, 0.4) is 0 Å². The summed E-state index contributed by atoms with van der Waals surface area (Å²) in [5, 5.41) is 12.0. The van der Waals surface area contributed by atoms with Crippen molar-refractivity contribution in [3.8, 4) is 17.6 Å². The summed E-state index contributed by atoms with van der Waals surface area (Å²) in [5.74, 6) is 0.127. The molecule has 1 aliphatic heterocycles. The Morgan fingerprint density at radius 1 is 1.12 bits per heavy atom. The minimum absolute atomic E-state index is 0.174. The first-order chi connectivity index (χ1) is 15.5. The lowest BCUT2D eigenvalue weighted by Gasteiger charge is -2.18. The molecule has 0 unspecified atom stereocenters. The van der Waals surface area contributed by atoms with E-state index in [0.29, 0.717) is 43.2 Å². The quantitative estimate of drug-likeness (QED) is 0.386. The number of nitrogens with zero attached hydrogens (tertiary/aromatic N) is 2. The van der Waals surface area contributed by atoms with E-state index in [1.807, 2.05) is 55.4 Å². The number of nitriles is 1. The van der Waals surface area contributed by atoms with Crippen LogP contribution in [0.2, 0.25) is 0 Å². The van der Waals surface area contributed by atoms with Crippen LogP contribution < -0.4 is 19.7 Å². The number of carbonyl (C=O) groups excluding carboxylic acids is 2. The molecule has 0 aromatic heterocycles. The summed E-state index contributed by atoms with van der Waals surface area (Å²) in [5.41, 5.74) is 2.50. The minimum Gasteiger partial charge on any atom is -0.486 e. The summed E-state index contributed by atoms with van der Waals surface area (Å²) in [7, 11) is 3.84. The third kappa shape index (κ3) is 6.25. The van der Waals surface area contributed by atoms with Gasteiger partial charge in [-0.25, -0.2) is 4.79 Å². The molecule has 0 aliphatic carbocycles. The number of carbonyl (C=O) groups is 2. The summed E-state index contributed by atoms with van der Waals surface area (Å²) >= 11 is 0. The fourth-order valence-electron chi connectivity index (χ4n) is 3.02. The number of rotatable bonds is 8. The van der Waals surface area contributed by atoms with Gasteiger partial charge in [-0.05, 0) is 47.9 Å². The van der Waals surface area contributed by atoms with Crippen molar-refractivity contribution in [2.24, 2.45) is 0 Å². The predicted molar refractivity (Wildman–Crippen MR) is 119 cm³/mol. The number of nitrogens with one attached hydrogen (secondary N) is 1. The van der Waals surface area contributed by atoms with Crippen molar-refractivity contribution >= 4 is 23.6 Å². The lowest BCUT2D eigenvalue weighted by Crippen LogP contribution is -2.30. The van der Waals surface area contributed by atoms with Crippen molar-refractivity contribution in [2.45, 2.75) is 6.42 Å². The zero-order chi connectivity index (χ0) is 22.9. The SMILES string of the molecule is CN(C)c1ccc(/C=C(\C#N)C(=O)OCC(=O)NCCc2ccc3c(c2)OCCO3)cc1. The Morgan fingerprint density at radius 3 is 2.53 bits per heavy atom. The van der Waals surface area contributed by atoms with Gasteiger partial charge in [-0.15, -0.1) is 0 Å². The second-order valence-electron chi connectivity index (χ2n) is 7.31. The summed E-state index contributed by atoms with van der Waals surface area (Å²) in [6.07, 6.45) is 2.02. The molecule has 3 rings (SSSR count). The standard InChI is InChI=1S/C24H25N3O5/c1-27(2)20-6-3-17(4-7-20)13-19(15-25)24(29)32-16-23(28)26-10-9-18-5-8-21-22(14-18)31-12-11-30-21/h3-8,13-14H,9-12,16H2,1-2H3,(H,26,28)/b19-13+. The van der Waals surface area contributed by atoms with Gasteiger partial charge in [0, 0.05) is 26.3 Å². The maximum absolute atomic E-state index is 12.2. The first kappa shape index (κ1) is 22.7. The van der Waals surface area contributed by atoms with E-state index in [0.717, 1.165) is 11.3 Å². The Hall–Kier alpha value is -3.99. The van der Waals surface area contributed by atoms with Crippen molar-refractivity contribution in [1.82, 2.24) is 5.32 Å². The number of esters is 1. The molecule has 32 heavy (non-hydrogen) atoms. The smallest absolute Gasteiger partial charge is 0.349 e. The normalized spacial score (nSPS) is 12.5. The average molecular weight is 435 g/mol. The molecular weight excluding hydrogens is 410 g/mol. The lowest BCUT2D eigenvalue weighted by molar-refractivity contribution is -0.144. The average Bonchev–Trinajstić information content (AvgIpc) is 2.81. The monoisotopic (exact) mass is 435 g/mol. The first-order valence-electron chi connectivity index (χ1n) is 10.2. The van der Waals surface area contributed by atoms with Crippen LogP contribution in [0.15, 0.2) is 48.0 Å². The van der Waals surface area contributed by atoms with Crippen LogP contribution in [-0.2, 0) is 20.7 Å². The summed E-state index contributed by atoms with van der Waals surface area (Å²) in [4.78, 5) is 26.1. The summed E-state index contributed by atoms with van der Waals surface area (Å²) in [6.45, 7) is 0.958. The first-order valence-corrected chi connectivity index (χ1v) is 10.2. The van der Waals surface area contributed by atoms with E-state index in [9.17, 15) is 14.9 Å². The molecular formula is C24H25N3O5. The van der Waals surface area contributed by atoms with E-state index in [4.69, 9.17) is 14.2 Å². The van der Waals surface area contributed by atoms with Gasteiger partial charge in [0.25, 0.3) is 5.91 Å². The molecule has 0 saturated heterocycles. The van der Waals surface area contributed by atoms with E-state index in [1.165, 1.54) is 6.08 Å². The van der Waals surface area contributed by atoms with Crippen molar-refractivity contribution in [3.63, 3.8) is 0 Å². The molecule has 0 spiro atoms. The van der Waals surface area contributed by atoms with Crippen LogP contribution in [0.5, 0.6) is 11.5 Å². The summed E-state index contributed by atoms with van der Waals surface area (Å²) in [6, 6.07) is 14.8. The van der Waals surface area contributed by atoms with Crippen molar-refractivity contribution in [2.75, 3.05) is 45.4 Å². The number of anilines is 1. The zero-order valence-electron chi connectivity index (χ0n) is 18.1. The number of benzene rings is 2. The molecule has 0 saturated carbocycles.